The molecule has 4 aliphatic heterocycles. The maximum atomic E-state index is 14.8. The average molecular weight is 1090 g/mol. The predicted octanol–water partition coefficient (Wildman–Crippen LogP) is 3.45. The molecule has 2 saturated heterocycles. The lowest BCUT2D eigenvalue weighted by molar-refractivity contribution is -0.138. The molecule has 6 atom stereocenters. The molecule has 77 heavy (non-hydrogen) atoms. The number of nitrogen functional groups attached to an aromatic ring is 1. The van der Waals surface area contributed by atoms with Gasteiger partial charge in [0, 0.05) is 44.4 Å². The molecular weight excluding hydrogens is 1020 g/mol. The summed E-state index contributed by atoms with van der Waals surface area (Å²) in [5.74, 6) is -3.22. The number of hydrogen-bond acceptors (Lipinski definition) is 17. The number of carbonyl (C=O) groups excluding carboxylic acids is 5. The molecule has 0 aliphatic carbocycles. The largest absolute Gasteiger partial charge is 0.471 e. The summed E-state index contributed by atoms with van der Waals surface area (Å²) < 4.78 is 47.4. The number of thioether (sulfide) groups is 1. The molecule has 414 valence electrons. The number of allylic oxidation sites excluding steroid dienone is 3. The number of nitrogens with zero attached hydrogens (tertiary/aromatic N) is 9. The molecule has 0 radical (unpaired) electrons. The van der Waals surface area contributed by atoms with Gasteiger partial charge < -0.3 is 50.6 Å². The lowest BCUT2D eigenvalue weighted by atomic mass is 9.88. The van der Waals surface area contributed by atoms with Crippen LogP contribution in [0, 0.1) is 29.0 Å². The highest BCUT2D eigenvalue weighted by Crippen LogP contribution is 2.34. The second kappa shape index (κ2) is 27.6. The minimum absolute atomic E-state index is 0.0134. The normalized spacial score (nSPS) is 21.2. The maximum absolute atomic E-state index is 14.8. The molecule has 5 N–H and O–H groups in total. The van der Waals surface area contributed by atoms with E-state index in [1.54, 1.807) is 34.9 Å². The Morgan fingerprint density at radius 3 is 2.52 bits per heavy atom. The number of Topliss-reactive ketones (excluding diaryl/α,β-unsaturated/α-hetero) is 1. The van der Waals surface area contributed by atoms with E-state index in [1.807, 2.05) is 4.90 Å². The van der Waals surface area contributed by atoms with Crippen LogP contribution in [0.3, 0.4) is 0 Å². The van der Waals surface area contributed by atoms with Crippen LogP contribution in [0.2, 0.25) is 0 Å². The number of aliphatic imine (C=N–C) groups is 1. The number of amides is 4. The van der Waals surface area contributed by atoms with Crippen LogP contribution < -0.4 is 26.4 Å². The number of anilines is 1. The van der Waals surface area contributed by atoms with Crippen LogP contribution in [-0.4, -0.2) is 178 Å². The Kier molecular flexibility index (Phi) is 20.8. The Bertz CT molecular complexity index is 2730. The molecule has 0 spiro atoms. The van der Waals surface area contributed by atoms with Crippen LogP contribution >= 0.6 is 11.8 Å². The highest BCUT2D eigenvalue weighted by atomic mass is 32.2. The van der Waals surface area contributed by atoms with E-state index in [0.717, 1.165) is 11.5 Å². The van der Waals surface area contributed by atoms with Crippen molar-refractivity contribution in [2.75, 3.05) is 84.7 Å². The quantitative estimate of drug-likeness (QED) is 0.0638. The number of hydrogen-bond donors (Lipinski definition) is 4. The van der Waals surface area contributed by atoms with E-state index < -0.39 is 47.7 Å². The van der Waals surface area contributed by atoms with Gasteiger partial charge in [-0.1, -0.05) is 6.08 Å². The van der Waals surface area contributed by atoms with Gasteiger partial charge in [-0.25, -0.2) is 18.7 Å². The first-order valence-corrected chi connectivity index (χ1v) is 27.1. The third-order valence-electron chi connectivity index (χ3n) is 14.2. The first-order valence-electron chi connectivity index (χ1n) is 26.1. The molecule has 3 aromatic rings. The molecule has 24 heteroatoms. The second-order valence-corrected chi connectivity index (χ2v) is 20.4. The standard InChI is InChI=1S/C53H69F2N13O8S/c1-6-8-37(55)27-38-33(3)76-50-48(57)60-29-40(61-50)45-39(28-56)64-68(43(45)30-65(5)52(38)72)21-17-59-44(69)16-23-74-25-26-75-24-22-66-19-14-34(15-20-66)46(63-49(71)32(2)58-4)53(73)67-18-7-9-42(67)51-62-41(31-77-51)47(70)35-10-12-36(54)13-11-35/h6,8,10-13,27,29,32-34,38,41-42,46,58H,7,9,14-26,30-31H2,1-5H3,(H2,57,60)(H,59,69)(H,63,71)/b8-6-,37-27+/t32-,33+,38?,41?,42-,46-/m0/s1. The fourth-order valence-corrected chi connectivity index (χ4v) is 10.9. The summed E-state index contributed by atoms with van der Waals surface area (Å²) in [5.41, 5.74) is 7.50. The molecule has 2 aromatic heterocycles. The highest BCUT2D eigenvalue weighted by molar-refractivity contribution is 8.14. The number of halogens is 2. The number of fused-ring (bicyclic) bond motifs is 4. The third kappa shape index (κ3) is 14.9. The zero-order valence-electron chi connectivity index (χ0n) is 44.2. The number of likely N-dealkylation sites (N-methyl/N-ethyl adjacent to an activating group) is 1. The molecule has 2 fully saturated rings. The van der Waals surface area contributed by atoms with E-state index in [2.05, 4.69) is 42.0 Å². The van der Waals surface area contributed by atoms with Gasteiger partial charge >= 0.3 is 0 Å². The van der Waals surface area contributed by atoms with Crippen molar-refractivity contribution in [1.29, 1.82) is 5.26 Å². The summed E-state index contributed by atoms with van der Waals surface area (Å²) in [6.07, 6.45) is 7.35. The Morgan fingerprint density at radius 2 is 1.81 bits per heavy atom. The molecule has 6 heterocycles. The van der Waals surface area contributed by atoms with E-state index in [9.17, 15) is 38.0 Å². The summed E-state index contributed by atoms with van der Waals surface area (Å²) >= 11 is 1.48. The zero-order valence-corrected chi connectivity index (χ0v) is 45.0. The number of ketones is 1. The lowest BCUT2D eigenvalue weighted by Crippen LogP contribution is -2.58. The van der Waals surface area contributed by atoms with Crippen molar-refractivity contribution in [3.05, 3.63) is 77.3 Å². The van der Waals surface area contributed by atoms with Gasteiger partial charge in [-0.2, -0.15) is 10.4 Å². The van der Waals surface area contributed by atoms with Crippen molar-refractivity contribution >= 4 is 52.0 Å². The minimum Gasteiger partial charge on any atom is -0.471 e. The molecular formula is C53H69F2N13O8S. The van der Waals surface area contributed by atoms with Gasteiger partial charge in [0.2, 0.25) is 23.6 Å². The van der Waals surface area contributed by atoms with Gasteiger partial charge in [-0.3, -0.25) is 33.6 Å². The van der Waals surface area contributed by atoms with Crippen LogP contribution in [0.1, 0.15) is 74.6 Å². The topological polar surface area (TPSA) is 265 Å². The van der Waals surface area contributed by atoms with Crippen LogP contribution in [0.4, 0.5) is 14.6 Å². The number of likely N-dealkylation sites (tertiary alicyclic amines) is 2. The van der Waals surface area contributed by atoms with E-state index in [1.165, 1.54) is 70.0 Å². The average Bonchev–Trinajstić information content (AvgIpc) is 4.25. The number of benzene rings is 1. The number of nitriles is 1. The van der Waals surface area contributed by atoms with Gasteiger partial charge in [-0.15, -0.1) is 11.8 Å². The smallest absolute Gasteiger partial charge is 0.258 e. The summed E-state index contributed by atoms with van der Waals surface area (Å²) in [6.45, 7) is 9.06. The van der Waals surface area contributed by atoms with Gasteiger partial charge in [0.05, 0.1) is 85.7 Å². The number of nitrogens with one attached hydrogen (secondary N) is 3. The summed E-state index contributed by atoms with van der Waals surface area (Å²) in [6, 6.07) is 5.42. The van der Waals surface area contributed by atoms with Gasteiger partial charge in [0.15, 0.2) is 17.3 Å². The van der Waals surface area contributed by atoms with Gasteiger partial charge in [0.1, 0.15) is 35.9 Å². The van der Waals surface area contributed by atoms with E-state index in [0.29, 0.717) is 81.2 Å². The van der Waals surface area contributed by atoms with E-state index in [-0.39, 0.29) is 97.8 Å². The Labute approximate surface area is 451 Å². The number of rotatable bonds is 22. The summed E-state index contributed by atoms with van der Waals surface area (Å²) in [4.78, 5) is 86.7. The van der Waals surface area contributed by atoms with Crippen LogP contribution in [0.5, 0.6) is 5.88 Å². The monoisotopic (exact) mass is 1090 g/mol. The van der Waals surface area contributed by atoms with Crippen LogP contribution in [0.15, 0.2) is 59.5 Å². The molecule has 4 amide bonds. The first kappa shape index (κ1) is 58.0. The van der Waals surface area contributed by atoms with Crippen molar-refractivity contribution in [3.8, 4) is 23.2 Å². The fourth-order valence-electron chi connectivity index (χ4n) is 9.73. The Morgan fingerprint density at radius 1 is 1.06 bits per heavy atom. The molecule has 2 bridgehead atoms. The van der Waals surface area contributed by atoms with E-state index in [4.69, 9.17) is 24.9 Å². The van der Waals surface area contributed by atoms with Crippen molar-refractivity contribution in [2.45, 2.75) is 96.2 Å². The van der Waals surface area contributed by atoms with Crippen molar-refractivity contribution in [1.82, 2.24) is 50.4 Å². The van der Waals surface area contributed by atoms with Crippen LogP contribution in [-0.2, 0) is 41.7 Å². The van der Waals surface area contributed by atoms with Gasteiger partial charge in [-0.05, 0) is 109 Å². The summed E-state index contributed by atoms with van der Waals surface area (Å²) in [7, 11) is 3.25. The second-order valence-electron chi connectivity index (χ2n) is 19.4. The maximum Gasteiger partial charge on any atom is 0.258 e. The molecule has 7 rings (SSSR count). The number of piperidine rings is 1. The number of carbonyl (C=O) groups is 5. The lowest BCUT2D eigenvalue weighted by Gasteiger charge is -2.38. The minimum atomic E-state index is -1.07. The molecule has 2 unspecified atom stereocenters. The number of nitrogens with two attached hydrogens (primary N) is 1. The molecule has 21 nitrogen and oxygen atoms in total. The predicted molar refractivity (Wildman–Crippen MR) is 284 cm³/mol. The first-order chi connectivity index (χ1) is 37.1. The molecule has 4 aliphatic rings. The SMILES string of the molecule is C/C=C\C(F)=C/C1C(=O)N(C)Cc2c(c(C#N)nn2CCNC(=O)CCOCCOCCN2CCC([C@H](NC(=O)[C@H](C)NC)C(=O)N3CCC[C@H]3C3=NC(C(=O)c4ccc(F)cc4)CS3)CC2)-c2cnc(N)c(n2)O[C@@H]1C. The Balaban J connectivity index is 0.838. The van der Waals surface area contributed by atoms with E-state index >= 15 is 0 Å². The Hall–Kier alpha value is -6.65. The van der Waals surface area contributed by atoms with Gasteiger partial charge in [0.25, 0.3) is 5.88 Å². The molecule has 0 saturated carbocycles. The number of ether oxygens (including phenoxy) is 3. The molecule has 1 aromatic carbocycles. The van der Waals surface area contributed by atoms with Crippen molar-refractivity contribution in [3.63, 3.8) is 0 Å². The van der Waals surface area contributed by atoms with Crippen molar-refractivity contribution in [2.24, 2.45) is 16.8 Å². The zero-order chi connectivity index (χ0) is 55.2. The number of aromatic nitrogens is 4. The van der Waals surface area contributed by atoms with Crippen molar-refractivity contribution < 1.29 is 47.0 Å². The fraction of sp³-hybridized carbons (Fsp3) is 0.547. The highest BCUT2D eigenvalue weighted by Gasteiger charge is 2.43. The van der Waals surface area contributed by atoms with Crippen LogP contribution in [0.25, 0.3) is 11.3 Å². The third-order valence-corrected chi connectivity index (χ3v) is 15.3. The summed E-state index contributed by atoms with van der Waals surface area (Å²) in [5, 5.41) is 24.3.